The Morgan fingerprint density at radius 2 is 1.72 bits per heavy atom. The van der Waals surface area contributed by atoms with E-state index < -0.39 is 54.5 Å². The first-order valence-electron chi connectivity index (χ1n) is 8.68. The largest absolute Gasteiger partial charge is 0.459 e. The third-order valence-corrected chi connectivity index (χ3v) is 4.47. The van der Waals surface area contributed by atoms with Gasteiger partial charge in [0, 0.05) is 26.4 Å². The number of carbonyl (C=O) groups is 3. The highest BCUT2D eigenvalue weighted by Gasteiger charge is 2.54. The van der Waals surface area contributed by atoms with Gasteiger partial charge in [0.1, 0.15) is 12.2 Å². The van der Waals surface area contributed by atoms with E-state index in [2.05, 4.69) is 0 Å². The molecule has 1 aliphatic carbocycles. The van der Waals surface area contributed by atoms with Crippen molar-refractivity contribution in [2.24, 2.45) is 23.7 Å². The number of aliphatic hydroxyl groups excluding tert-OH is 1. The minimum Gasteiger partial charge on any atom is -0.459 e. The van der Waals surface area contributed by atoms with Gasteiger partial charge in [-0.15, -0.1) is 0 Å². The van der Waals surface area contributed by atoms with Crippen LogP contribution in [0.25, 0.3) is 0 Å². The van der Waals surface area contributed by atoms with Crippen molar-refractivity contribution < 1.29 is 33.7 Å². The molecule has 0 heterocycles. The first kappa shape index (κ1) is 21.6. The topological polar surface area (TPSA) is 99.1 Å². The molecule has 1 rings (SSSR count). The van der Waals surface area contributed by atoms with Gasteiger partial charge in [0.15, 0.2) is 11.9 Å². The van der Waals surface area contributed by atoms with E-state index in [4.69, 9.17) is 14.2 Å². The summed E-state index contributed by atoms with van der Waals surface area (Å²) in [5.74, 6) is -2.87. The molecule has 7 nitrogen and oxygen atoms in total. The molecular weight excluding hydrogens is 328 g/mol. The van der Waals surface area contributed by atoms with E-state index in [1.807, 2.05) is 27.7 Å². The molecule has 1 N–H and O–H groups in total. The lowest BCUT2D eigenvalue weighted by atomic mass is 9.70. The summed E-state index contributed by atoms with van der Waals surface area (Å²) < 4.78 is 16.3. The van der Waals surface area contributed by atoms with Crippen molar-refractivity contribution in [3.63, 3.8) is 0 Å². The number of rotatable bonds is 7. The molecule has 0 bridgehead atoms. The second-order valence-corrected chi connectivity index (χ2v) is 7.30. The normalized spacial score (nSPS) is 29.8. The summed E-state index contributed by atoms with van der Waals surface area (Å²) in [5, 5.41) is 9.66. The Kier molecular flexibility index (Phi) is 8.02. The summed E-state index contributed by atoms with van der Waals surface area (Å²) in [5.41, 5.74) is 0. The van der Waals surface area contributed by atoms with Crippen LogP contribution in [-0.2, 0) is 28.6 Å². The Morgan fingerprint density at radius 1 is 1.12 bits per heavy atom. The number of ketones is 1. The van der Waals surface area contributed by atoms with Crippen molar-refractivity contribution in [1.29, 1.82) is 0 Å². The molecular formula is C18H30O7. The predicted octanol–water partition coefficient (Wildman–Crippen LogP) is 1.35. The first-order valence-corrected chi connectivity index (χ1v) is 8.68. The van der Waals surface area contributed by atoms with Crippen LogP contribution in [0.3, 0.4) is 0 Å². The highest BCUT2D eigenvalue weighted by Crippen LogP contribution is 2.37. The lowest BCUT2D eigenvalue weighted by molar-refractivity contribution is -0.199. The van der Waals surface area contributed by atoms with E-state index in [9.17, 15) is 19.5 Å². The van der Waals surface area contributed by atoms with E-state index in [1.54, 1.807) is 0 Å². The number of aliphatic hydroxyl groups is 1. The maximum absolute atomic E-state index is 12.8. The number of ether oxygens (including phenoxy) is 3. The molecule has 0 amide bonds. The van der Waals surface area contributed by atoms with E-state index in [-0.39, 0.29) is 18.3 Å². The number of carbonyl (C=O) groups excluding carboxylic acids is 3. The molecule has 0 unspecified atom stereocenters. The van der Waals surface area contributed by atoms with Crippen molar-refractivity contribution in [3.8, 4) is 0 Å². The zero-order valence-electron chi connectivity index (χ0n) is 15.9. The fourth-order valence-corrected chi connectivity index (χ4v) is 3.40. The van der Waals surface area contributed by atoms with Crippen LogP contribution in [0, 0.1) is 23.7 Å². The van der Waals surface area contributed by atoms with Crippen LogP contribution < -0.4 is 0 Å². The minimum absolute atomic E-state index is 0.0910. The van der Waals surface area contributed by atoms with Crippen LogP contribution >= 0.6 is 0 Å². The summed E-state index contributed by atoms with van der Waals surface area (Å²) in [7, 11) is 1.40. The molecule has 0 radical (unpaired) electrons. The van der Waals surface area contributed by atoms with Gasteiger partial charge in [0.25, 0.3) is 0 Å². The van der Waals surface area contributed by atoms with Gasteiger partial charge < -0.3 is 19.3 Å². The van der Waals surface area contributed by atoms with E-state index in [0.717, 1.165) is 0 Å². The van der Waals surface area contributed by atoms with Gasteiger partial charge in [-0.1, -0.05) is 27.7 Å². The van der Waals surface area contributed by atoms with Crippen LogP contribution in [0.15, 0.2) is 0 Å². The molecule has 0 saturated heterocycles. The average Bonchev–Trinajstić information content (AvgIpc) is 2.48. The second-order valence-electron chi connectivity index (χ2n) is 7.30. The van der Waals surface area contributed by atoms with E-state index in [1.165, 1.54) is 14.0 Å². The maximum Gasteiger partial charge on any atom is 0.306 e. The molecule has 1 saturated carbocycles. The molecule has 0 aromatic heterocycles. The SMILES string of the molecule is CO[C@H]1[C@@H](OC(C)=O)[C@H](C(C)C)[C@H](OC(=O)CC(C)C)C(=O)[C@H]1CO. The van der Waals surface area contributed by atoms with Crippen LogP contribution in [-0.4, -0.2) is 54.9 Å². The third-order valence-electron chi connectivity index (χ3n) is 4.47. The fraction of sp³-hybridized carbons (Fsp3) is 0.833. The van der Waals surface area contributed by atoms with Crippen molar-refractivity contribution in [1.82, 2.24) is 0 Å². The van der Waals surface area contributed by atoms with Gasteiger partial charge in [-0.2, -0.15) is 0 Å². The fourth-order valence-electron chi connectivity index (χ4n) is 3.40. The Hall–Kier alpha value is -1.47. The molecule has 0 aromatic rings. The number of methoxy groups -OCH3 is 1. The average molecular weight is 358 g/mol. The maximum atomic E-state index is 12.8. The lowest BCUT2D eigenvalue weighted by Crippen LogP contribution is -2.61. The zero-order valence-corrected chi connectivity index (χ0v) is 15.9. The van der Waals surface area contributed by atoms with Crippen LogP contribution in [0.5, 0.6) is 0 Å². The summed E-state index contributed by atoms with van der Waals surface area (Å²) >= 11 is 0. The van der Waals surface area contributed by atoms with E-state index >= 15 is 0 Å². The quantitative estimate of drug-likeness (QED) is 0.686. The molecule has 144 valence electrons. The van der Waals surface area contributed by atoms with Gasteiger partial charge in [-0.25, -0.2) is 0 Å². The highest BCUT2D eigenvalue weighted by atomic mass is 16.6. The Balaban J connectivity index is 3.23. The van der Waals surface area contributed by atoms with Crippen LogP contribution in [0.2, 0.25) is 0 Å². The highest BCUT2D eigenvalue weighted by molar-refractivity contribution is 5.89. The van der Waals surface area contributed by atoms with Gasteiger partial charge >= 0.3 is 11.9 Å². The molecule has 1 aliphatic rings. The van der Waals surface area contributed by atoms with Gasteiger partial charge in [0.2, 0.25) is 0 Å². The summed E-state index contributed by atoms with van der Waals surface area (Å²) in [4.78, 5) is 36.5. The summed E-state index contributed by atoms with van der Waals surface area (Å²) in [6.45, 7) is 8.28. The monoisotopic (exact) mass is 358 g/mol. The number of hydrogen-bond acceptors (Lipinski definition) is 7. The molecule has 5 atom stereocenters. The number of esters is 2. The van der Waals surface area contributed by atoms with Gasteiger partial charge in [0.05, 0.1) is 12.5 Å². The minimum atomic E-state index is -1.07. The Morgan fingerprint density at radius 3 is 2.12 bits per heavy atom. The smallest absolute Gasteiger partial charge is 0.306 e. The van der Waals surface area contributed by atoms with Crippen molar-refractivity contribution in [2.75, 3.05) is 13.7 Å². The Labute approximate surface area is 149 Å². The van der Waals surface area contributed by atoms with Gasteiger partial charge in [-0.05, 0) is 11.8 Å². The number of hydrogen-bond donors (Lipinski definition) is 1. The van der Waals surface area contributed by atoms with Crippen molar-refractivity contribution in [3.05, 3.63) is 0 Å². The van der Waals surface area contributed by atoms with Crippen molar-refractivity contribution in [2.45, 2.75) is 59.4 Å². The summed E-state index contributed by atoms with van der Waals surface area (Å²) in [6.07, 6.45) is -2.45. The standard InChI is InChI=1S/C18H30O7/c1-9(2)7-13(21)25-17-14(10(3)4)18(24-11(5)20)16(23-6)12(8-19)15(17)22/h9-10,12,14,16-19H,7-8H2,1-6H3/t12-,14-,16-,17+,18+/m1/s1. The van der Waals surface area contributed by atoms with Gasteiger partial charge in [-0.3, -0.25) is 14.4 Å². The molecule has 1 fully saturated rings. The lowest BCUT2D eigenvalue weighted by Gasteiger charge is -2.45. The number of Topliss-reactive ketones (excluding diaryl/α,β-unsaturated/α-hetero) is 1. The van der Waals surface area contributed by atoms with Crippen LogP contribution in [0.4, 0.5) is 0 Å². The molecule has 25 heavy (non-hydrogen) atoms. The molecule has 7 heteroatoms. The molecule has 0 spiro atoms. The zero-order chi connectivity index (χ0) is 19.3. The van der Waals surface area contributed by atoms with E-state index in [0.29, 0.717) is 0 Å². The first-order chi connectivity index (χ1) is 11.6. The second kappa shape index (κ2) is 9.29. The molecule has 0 aliphatic heterocycles. The van der Waals surface area contributed by atoms with Crippen molar-refractivity contribution >= 4 is 17.7 Å². The summed E-state index contributed by atoms with van der Waals surface area (Å²) in [6, 6.07) is 0. The third kappa shape index (κ3) is 5.25. The molecule has 0 aromatic carbocycles. The Bertz CT molecular complexity index is 486. The van der Waals surface area contributed by atoms with Crippen LogP contribution in [0.1, 0.15) is 41.0 Å². The predicted molar refractivity (Wildman–Crippen MR) is 89.6 cm³/mol.